The predicted octanol–water partition coefficient (Wildman–Crippen LogP) is 2.32. The Morgan fingerprint density at radius 2 is 2.04 bits per heavy atom. The summed E-state index contributed by atoms with van der Waals surface area (Å²) < 4.78 is 41.5. The van der Waals surface area contributed by atoms with E-state index in [1.165, 1.54) is 23.1 Å². The summed E-state index contributed by atoms with van der Waals surface area (Å²) in [6.07, 6.45) is -3.70. The maximum Gasteiger partial charge on any atom is 0.416 e. The molecule has 2 atom stereocenters. The highest BCUT2D eigenvalue weighted by Gasteiger charge is 2.41. The van der Waals surface area contributed by atoms with Crippen molar-refractivity contribution in [3.8, 4) is 0 Å². The van der Waals surface area contributed by atoms with E-state index in [-0.39, 0.29) is 30.9 Å². The summed E-state index contributed by atoms with van der Waals surface area (Å²) in [6, 6.07) is 6.09. The van der Waals surface area contributed by atoms with Crippen molar-refractivity contribution in [2.45, 2.75) is 31.2 Å². The fourth-order valence-corrected chi connectivity index (χ4v) is 3.26. The zero-order chi connectivity index (χ0) is 18.2. The van der Waals surface area contributed by atoms with E-state index in [1.807, 2.05) is 0 Å². The minimum Gasteiger partial charge on any atom is -0.391 e. The number of benzene rings is 1. The van der Waals surface area contributed by atoms with Gasteiger partial charge in [-0.25, -0.2) is 0 Å². The molecule has 0 unspecified atom stereocenters. The van der Waals surface area contributed by atoms with E-state index in [0.29, 0.717) is 5.69 Å². The Bertz CT molecular complexity index is 772. The van der Waals surface area contributed by atoms with Gasteiger partial charge in [0.15, 0.2) is 0 Å². The highest BCUT2D eigenvalue weighted by atomic mass is 19.4. The molecule has 2 heterocycles. The molecule has 2 aromatic rings. The van der Waals surface area contributed by atoms with Crippen molar-refractivity contribution in [1.82, 2.24) is 14.7 Å². The SMILES string of the molecule is Cn1nccc1CC(=O)N1C[C@@H](O)C[C@H]1c1ccccc1C(F)(F)F. The van der Waals surface area contributed by atoms with Gasteiger partial charge in [-0.1, -0.05) is 18.2 Å². The predicted molar refractivity (Wildman–Crippen MR) is 83.4 cm³/mol. The summed E-state index contributed by atoms with van der Waals surface area (Å²) in [4.78, 5) is 14.0. The summed E-state index contributed by atoms with van der Waals surface area (Å²) in [5.74, 6) is -0.331. The van der Waals surface area contributed by atoms with E-state index >= 15 is 0 Å². The molecular formula is C17H18F3N3O2. The Hall–Kier alpha value is -2.35. The van der Waals surface area contributed by atoms with Gasteiger partial charge in [0.05, 0.1) is 24.1 Å². The van der Waals surface area contributed by atoms with Gasteiger partial charge in [0.2, 0.25) is 5.91 Å². The number of halogens is 3. The van der Waals surface area contributed by atoms with Gasteiger partial charge in [-0.3, -0.25) is 9.48 Å². The lowest BCUT2D eigenvalue weighted by molar-refractivity contribution is -0.140. The van der Waals surface area contributed by atoms with Crippen molar-refractivity contribution < 1.29 is 23.1 Å². The molecule has 1 aliphatic heterocycles. The average molecular weight is 353 g/mol. The van der Waals surface area contributed by atoms with Gasteiger partial charge in [0.1, 0.15) is 0 Å². The standard InChI is InChI=1S/C17H18F3N3O2/c1-22-11(6-7-21-22)8-16(25)23-10-12(24)9-15(23)13-4-2-3-5-14(13)17(18,19)20/h2-7,12,15,24H,8-10H2,1H3/t12-,15-/m0/s1. The number of hydrogen-bond acceptors (Lipinski definition) is 3. The number of nitrogens with zero attached hydrogens (tertiary/aromatic N) is 3. The van der Waals surface area contributed by atoms with Gasteiger partial charge in [-0.2, -0.15) is 18.3 Å². The van der Waals surface area contributed by atoms with Crippen molar-refractivity contribution in [2.75, 3.05) is 6.54 Å². The van der Waals surface area contributed by atoms with Gasteiger partial charge < -0.3 is 10.0 Å². The third-order valence-electron chi connectivity index (χ3n) is 4.48. The van der Waals surface area contributed by atoms with Crippen molar-refractivity contribution in [3.05, 3.63) is 53.3 Å². The molecule has 1 fully saturated rings. The molecule has 1 aromatic carbocycles. The van der Waals surface area contributed by atoms with Crippen LogP contribution in [0.4, 0.5) is 13.2 Å². The lowest BCUT2D eigenvalue weighted by Crippen LogP contribution is -2.34. The van der Waals surface area contributed by atoms with Crippen LogP contribution in [0.25, 0.3) is 0 Å². The van der Waals surface area contributed by atoms with Crippen LogP contribution in [0.3, 0.4) is 0 Å². The second-order valence-electron chi connectivity index (χ2n) is 6.16. The lowest BCUT2D eigenvalue weighted by Gasteiger charge is -2.27. The number of likely N-dealkylation sites (tertiary alicyclic amines) is 1. The Morgan fingerprint density at radius 3 is 2.68 bits per heavy atom. The smallest absolute Gasteiger partial charge is 0.391 e. The number of β-amino-alcohol motifs (C(OH)–C–C–N with tert-alkyl or cyclic N) is 1. The van der Waals surface area contributed by atoms with Crippen LogP contribution >= 0.6 is 0 Å². The first-order chi connectivity index (χ1) is 11.8. The highest BCUT2D eigenvalue weighted by molar-refractivity contribution is 5.79. The molecule has 0 radical (unpaired) electrons. The Balaban J connectivity index is 1.90. The molecular weight excluding hydrogens is 335 g/mol. The minimum absolute atomic E-state index is 0.0184. The first kappa shape index (κ1) is 17.5. The first-order valence-corrected chi connectivity index (χ1v) is 7.88. The molecule has 1 aliphatic rings. The first-order valence-electron chi connectivity index (χ1n) is 7.88. The summed E-state index contributed by atoms with van der Waals surface area (Å²) in [6.45, 7) is 0.0214. The van der Waals surface area contributed by atoms with E-state index in [1.54, 1.807) is 24.0 Å². The molecule has 0 aliphatic carbocycles. The highest BCUT2D eigenvalue weighted by Crippen LogP contribution is 2.40. The van der Waals surface area contributed by atoms with Crippen LogP contribution in [0.5, 0.6) is 0 Å². The van der Waals surface area contributed by atoms with Crippen LogP contribution in [0.15, 0.2) is 36.5 Å². The number of aromatic nitrogens is 2. The maximum atomic E-state index is 13.3. The van der Waals surface area contributed by atoms with E-state index in [9.17, 15) is 23.1 Å². The molecule has 8 heteroatoms. The number of carbonyl (C=O) groups is 1. The normalized spacial score (nSPS) is 20.9. The Labute approximate surface area is 142 Å². The molecule has 1 aromatic heterocycles. The Morgan fingerprint density at radius 1 is 1.32 bits per heavy atom. The number of alkyl halides is 3. The number of aliphatic hydroxyl groups excluding tert-OH is 1. The maximum absolute atomic E-state index is 13.3. The summed E-state index contributed by atoms with van der Waals surface area (Å²) in [5, 5.41) is 13.9. The van der Waals surface area contributed by atoms with Gasteiger partial charge >= 0.3 is 6.18 Å². The molecule has 3 rings (SSSR count). The van der Waals surface area contributed by atoms with Crippen molar-refractivity contribution in [2.24, 2.45) is 7.05 Å². The zero-order valence-electron chi connectivity index (χ0n) is 13.6. The monoisotopic (exact) mass is 353 g/mol. The van der Waals surface area contributed by atoms with Gasteiger partial charge in [0, 0.05) is 25.5 Å². The second-order valence-corrected chi connectivity index (χ2v) is 6.16. The zero-order valence-corrected chi connectivity index (χ0v) is 13.6. The molecule has 1 saturated heterocycles. The topological polar surface area (TPSA) is 58.4 Å². The summed E-state index contributed by atoms with van der Waals surface area (Å²) >= 11 is 0. The van der Waals surface area contributed by atoms with E-state index in [0.717, 1.165) is 6.07 Å². The second kappa shape index (κ2) is 6.51. The summed E-state index contributed by atoms with van der Waals surface area (Å²) in [5.41, 5.74) is -0.0911. The van der Waals surface area contributed by atoms with Crippen molar-refractivity contribution in [1.29, 1.82) is 0 Å². The number of amides is 1. The van der Waals surface area contributed by atoms with Crippen LogP contribution in [0, 0.1) is 0 Å². The van der Waals surface area contributed by atoms with Gasteiger partial charge in [-0.15, -0.1) is 0 Å². The van der Waals surface area contributed by atoms with Crippen LogP contribution in [0.2, 0.25) is 0 Å². The van der Waals surface area contributed by atoms with E-state index in [4.69, 9.17) is 0 Å². The number of aliphatic hydroxyl groups is 1. The fraction of sp³-hybridized carbons (Fsp3) is 0.412. The average Bonchev–Trinajstić information content (AvgIpc) is 3.13. The minimum atomic E-state index is -4.51. The molecule has 0 bridgehead atoms. The molecule has 5 nitrogen and oxygen atoms in total. The molecule has 1 amide bonds. The third-order valence-corrected chi connectivity index (χ3v) is 4.48. The van der Waals surface area contributed by atoms with E-state index < -0.39 is 23.9 Å². The quantitative estimate of drug-likeness (QED) is 0.921. The fourth-order valence-electron chi connectivity index (χ4n) is 3.26. The van der Waals surface area contributed by atoms with Crippen LogP contribution in [-0.2, 0) is 24.4 Å². The lowest BCUT2D eigenvalue weighted by atomic mass is 9.97. The molecule has 0 saturated carbocycles. The Kier molecular flexibility index (Phi) is 4.55. The van der Waals surface area contributed by atoms with Crippen LogP contribution in [0.1, 0.15) is 29.3 Å². The van der Waals surface area contributed by atoms with Crippen molar-refractivity contribution in [3.63, 3.8) is 0 Å². The van der Waals surface area contributed by atoms with E-state index in [2.05, 4.69) is 5.10 Å². The van der Waals surface area contributed by atoms with Gasteiger partial charge in [0.25, 0.3) is 0 Å². The third kappa shape index (κ3) is 3.53. The number of carbonyl (C=O) groups excluding carboxylic acids is 1. The molecule has 25 heavy (non-hydrogen) atoms. The van der Waals surface area contributed by atoms with Crippen LogP contribution in [-0.4, -0.2) is 38.3 Å². The molecule has 0 spiro atoms. The summed E-state index contributed by atoms with van der Waals surface area (Å²) in [7, 11) is 1.69. The molecule has 134 valence electrons. The number of aryl methyl sites for hydroxylation is 1. The number of rotatable bonds is 3. The van der Waals surface area contributed by atoms with Crippen LogP contribution < -0.4 is 0 Å². The number of hydrogen-bond donors (Lipinski definition) is 1. The largest absolute Gasteiger partial charge is 0.416 e. The van der Waals surface area contributed by atoms with Crippen molar-refractivity contribution >= 4 is 5.91 Å². The van der Waals surface area contributed by atoms with Gasteiger partial charge in [-0.05, 0) is 24.1 Å². The molecule has 1 N–H and O–H groups in total.